The van der Waals surface area contributed by atoms with Crippen molar-refractivity contribution in [2.24, 2.45) is 0 Å². The first kappa shape index (κ1) is 17.2. The number of halogens is 3. The fourth-order valence-corrected chi connectivity index (χ4v) is 1.84. The van der Waals surface area contributed by atoms with Gasteiger partial charge in [0.05, 0.1) is 12.7 Å². The molecular formula is C13H17F3N2O3. The number of carbonyl (C=O) groups excluding carboxylic acids is 1. The van der Waals surface area contributed by atoms with Crippen LogP contribution in [-0.4, -0.2) is 33.9 Å². The molecule has 0 aliphatic carbocycles. The average Bonchev–Trinajstić information content (AvgIpc) is 2.89. The molecule has 0 aliphatic rings. The van der Waals surface area contributed by atoms with Crippen LogP contribution < -0.4 is 0 Å². The lowest BCUT2D eigenvalue weighted by molar-refractivity contribution is -0.254. The van der Waals surface area contributed by atoms with E-state index in [0.717, 1.165) is 24.3 Å². The molecule has 0 fully saturated rings. The minimum absolute atomic E-state index is 0.235. The van der Waals surface area contributed by atoms with Crippen molar-refractivity contribution in [3.8, 4) is 0 Å². The molecule has 1 heterocycles. The van der Waals surface area contributed by atoms with E-state index in [9.17, 15) is 23.1 Å². The zero-order valence-electron chi connectivity index (χ0n) is 11.8. The van der Waals surface area contributed by atoms with Crippen molar-refractivity contribution in [1.29, 1.82) is 0 Å². The van der Waals surface area contributed by atoms with Crippen LogP contribution in [-0.2, 0) is 21.7 Å². The Bertz CT molecular complexity index is 525. The smallest absolute Gasteiger partial charge is 0.429 e. The van der Waals surface area contributed by atoms with E-state index >= 15 is 0 Å². The molecule has 1 unspecified atom stereocenters. The molecule has 0 saturated heterocycles. The standard InChI is InChI=1S/C13H17F3N2O3/c1-4-5-7-18-8-6-17-11(18)12(20,13(14,15)16)9(2)10(19)21-3/h6,8,20H,2,4-5,7H2,1,3H3. The molecule has 0 bridgehead atoms. The molecular weight excluding hydrogens is 289 g/mol. The SMILES string of the molecule is C=C(C(=O)OC)C(O)(c1nccn1CCCC)C(F)(F)F. The molecule has 5 nitrogen and oxygen atoms in total. The van der Waals surface area contributed by atoms with E-state index in [2.05, 4.69) is 16.3 Å². The number of aryl methyl sites for hydroxylation is 1. The van der Waals surface area contributed by atoms with E-state index in [-0.39, 0.29) is 6.54 Å². The van der Waals surface area contributed by atoms with E-state index < -0.39 is 29.1 Å². The first-order valence-electron chi connectivity index (χ1n) is 6.28. The molecule has 1 atom stereocenters. The maximum absolute atomic E-state index is 13.3. The Morgan fingerprint density at radius 2 is 2.14 bits per heavy atom. The predicted octanol–water partition coefficient (Wildman–Crippen LogP) is 2.16. The highest BCUT2D eigenvalue weighted by Crippen LogP contribution is 2.43. The summed E-state index contributed by atoms with van der Waals surface area (Å²) in [5.74, 6) is -2.04. The summed E-state index contributed by atoms with van der Waals surface area (Å²) in [4.78, 5) is 15.0. The monoisotopic (exact) mass is 306 g/mol. The molecule has 0 aliphatic heterocycles. The fraction of sp³-hybridized carbons (Fsp3) is 0.538. The Kier molecular flexibility index (Phi) is 5.16. The first-order chi connectivity index (χ1) is 9.70. The van der Waals surface area contributed by atoms with Crippen LogP contribution in [0.3, 0.4) is 0 Å². The molecule has 0 aromatic carbocycles. The van der Waals surface area contributed by atoms with Gasteiger partial charge >= 0.3 is 12.1 Å². The lowest BCUT2D eigenvalue weighted by atomic mass is 9.92. The van der Waals surface area contributed by atoms with Crippen molar-refractivity contribution in [3.05, 3.63) is 30.4 Å². The summed E-state index contributed by atoms with van der Waals surface area (Å²) < 4.78 is 45.4. The van der Waals surface area contributed by atoms with Crippen molar-refractivity contribution >= 4 is 5.97 Å². The fourth-order valence-electron chi connectivity index (χ4n) is 1.84. The predicted molar refractivity (Wildman–Crippen MR) is 68.2 cm³/mol. The third-order valence-electron chi connectivity index (χ3n) is 3.07. The maximum Gasteiger partial charge on any atom is 0.429 e. The van der Waals surface area contributed by atoms with E-state index in [1.807, 2.05) is 6.92 Å². The second-order valence-corrected chi connectivity index (χ2v) is 4.48. The number of ether oxygens (including phenoxy) is 1. The Labute approximate surface area is 120 Å². The highest BCUT2D eigenvalue weighted by Gasteiger charge is 2.61. The molecule has 0 saturated carbocycles. The van der Waals surface area contributed by atoms with Crippen LogP contribution in [0.5, 0.6) is 0 Å². The number of aromatic nitrogens is 2. The van der Waals surface area contributed by atoms with Crippen LogP contribution >= 0.6 is 0 Å². The van der Waals surface area contributed by atoms with Gasteiger partial charge in [-0.3, -0.25) is 0 Å². The summed E-state index contributed by atoms with van der Waals surface area (Å²) in [6, 6.07) is 0. The molecule has 1 aromatic heterocycles. The van der Waals surface area contributed by atoms with Gasteiger partial charge in [-0.15, -0.1) is 0 Å². The van der Waals surface area contributed by atoms with Gasteiger partial charge in [-0.25, -0.2) is 9.78 Å². The summed E-state index contributed by atoms with van der Waals surface area (Å²) >= 11 is 0. The number of hydrogen-bond acceptors (Lipinski definition) is 4. The van der Waals surface area contributed by atoms with Crippen LogP contribution in [0.1, 0.15) is 25.6 Å². The van der Waals surface area contributed by atoms with E-state index in [1.54, 1.807) is 0 Å². The number of aliphatic hydroxyl groups is 1. The van der Waals surface area contributed by atoms with E-state index in [1.165, 1.54) is 6.20 Å². The van der Waals surface area contributed by atoms with Gasteiger partial charge in [0, 0.05) is 18.9 Å². The van der Waals surface area contributed by atoms with Crippen molar-refractivity contribution in [2.75, 3.05) is 7.11 Å². The second kappa shape index (κ2) is 6.30. The summed E-state index contributed by atoms with van der Waals surface area (Å²) in [7, 11) is 0.911. The molecule has 21 heavy (non-hydrogen) atoms. The summed E-state index contributed by atoms with van der Waals surface area (Å²) in [5.41, 5.74) is -4.71. The molecule has 0 amide bonds. The maximum atomic E-state index is 13.3. The van der Waals surface area contributed by atoms with Gasteiger partial charge in [0.1, 0.15) is 0 Å². The van der Waals surface area contributed by atoms with Crippen LogP contribution in [0.4, 0.5) is 13.2 Å². The summed E-state index contributed by atoms with van der Waals surface area (Å²) in [5, 5.41) is 10.1. The number of alkyl halides is 3. The number of methoxy groups -OCH3 is 1. The van der Waals surface area contributed by atoms with Crippen molar-refractivity contribution in [2.45, 2.75) is 38.1 Å². The number of rotatable bonds is 6. The van der Waals surface area contributed by atoms with Crippen molar-refractivity contribution in [3.63, 3.8) is 0 Å². The first-order valence-corrected chi connectivity index (χ1v) is 6.28. The van der Waals surface area contributed by atoms with Gasteiger partial charge < -0.3 is 14.4 Å². The van der Waals surface area contributed by atoms with E-state index in [0.29, 0.717) is 6.42 Å². The summed E-state index contributed by atoms with van der Waals surface area (Å²) in [6.45, 7) is 5.15. The molecule has 1 N–H and O–H groups in total. The lowest BCUT2D eigenvalue weighted by Crippen LogP contribution is -2.48. The van der Waals surface area contributed by atoms with Gasteiger partial charge in [0.2, 0.25) is 0 Å². The minimum Gasteiger partial charge on any atom is -0.466 e. The average molecular weight is 306 g/mol. The quantitative estimate of drug-likeness (QED) is 0.646. The second-order valence-electron chi connectivity index (χ2n) is 4.48. The Hall–Kier alpha value is -1.83. The lowest BCUT2D eigenvalue weighted by Gasteiger charge is -2.30. The largest absolute Gasteiger partial charge is 0.466 e. The van der Waals surface area contributed by atoms with Gasteiger partial charge in [0.15, 0.2) is 5.82 Å². The topological polar surface area (TPSA) is 64.3 Å². The van der Waals surface area contributed by atoms with Gasteiger partial charge in [-0.05, 0) is 6.42 Å². The molecule has 0 spiro atoms. The molecule has 118 valence electrons. The normalized spacial score (nSPS) is 14.6. The van der Waals surface area contributed by atoms with Gasteiger partial charge in [-0.1, -0.05) is 19.9 Å². The van der Waals surface area contributed by atoms with Crippen LogP contribution in [0.15, 0.2) is 24.5 Å². The number of carbonyl (C=O) groups is 1. The number of hydrogen-bond donors (Lipinski definition) is 1. The van der Waals surface area contributed by atoms with Gasteiger partial charge in [0.25, 0.3) is 5.60 Å². The van der Waals surface area contributed by atoms with Crippen LogP contribution in [0.25, 0.3) is 0 Å². The van der Waals surface area contributed by atoms with Gasteiger partial charge in [-0.2, -0.15) is 13.2 Å². The van der Waals surface area contributed by atoms with Crippen molar-refractivity contribution in [1.82, 2.24) is 9.55 Å². The molecule has 1 rings (SSSR count). The number of esters is 1. The molecule has 0 radical (unpaired) electrons. The number of nitrogens with zero attached hydrogens (tertiary/aromatic N) is 2. The zero-order chi connectivity index (χ0) is 16.3. The minimum atomic E-state index is -5.16. The Morgan fingerprint density at radius 1 is 1.52 bits per heavy atom. The van der Waals surface area contributed by atoms with Crippen LogP contribution in [0.2, 0.25) is 0 Å². The number of imidazole rings is 1. The summed E-state index contributed by atoms with van der Waals surface area (Å²) in [6.07, 6.45) is -1.37. The van der Waals surface area contributed by atoms with E-state index in [4.69, 9.17) is 0 Å². The Balaban J connectivity index is 3.36. The third kappa shape index (κ3) is 3.10. The Morgan fingerprint density at radius 3 is 2.62 bits per heavy atom. The van der Waals surface area contributed by atoms with Crippen LogP contribution in [0, 0.1) is 0 Å². The third-order valence-corrected chi connectivity index (χ3v) is 3.07. The van der Waals surface area contributed by atoms with Crippen molar-refractivity contribution < 1.29 is 27.8 Å². The zero-order valence-corrected chi connectivity index (χ0v) is 11.8. The molecule has 1 aromatic rings. The number of unbranched alkanes of at least 4 members (excludes halogenated alkanes) is 1. The highest BCUT2D eigenvalue weighted by atomic mass is 19.4. The molecule has 8 heteroatoms. The highest BCUT2D eigenvalue weighted by molar-refractivity contribution is 5.90.